The number of benzene rings is 1. The zero-order chi connectivity index (χ0) is 54.8. The molecule has 0 saturated carbocycles. The second-order valence-corrected chi connectivity index (χ2v) is 24.6. The van der Waals surface area contributed by atoms with Gasteiger partial charge in [0.15, 0.2) is 0 Å². The van der Waals surface area contributed by atoms with Gasteiger partial charge in [-0.05, 0) is 115 Å². The monoisotopic (exact) mass is 974 g/mol. The van der Waals surface area contributed by atoms with Crippen LogP contribution in [0, 0.1) is 16.7 Å². The summed E-state index contributed by atoms with van der Waals surface area (Å²) in [5, 5.41) is 3.07. The lowest BCUT2D eigenvalue weighted by atomic mass is 9.78. The predicted octanol–water partition coefficient (Wildman–Crippen LogP) is 9.69. The van der Waals surface area contributed by atoms with Gasteiger partial charge in [-0.3, -0.25) is 14.4 Å². The minimum Gasteiger partial charge on any atom is -0.445 e. The largest absolute Gasteiger partial charge is 0.445 e. The van der Waals surface area contributed by atoms with Gasteiger partial charge in [-0.15, -0.1) is 0 Å². The molecule has 0 atom stereocenters. The molecule has 0 saturated heterocycles. The Balaban J connectivity index is 3.91. The summed E-state index contributed by atoms with van der Waals surface area (Å²) >= 11 is 0. The van der Waals surface area contributed by atoms with Crippen LogP contribution < -0.4 is 10.2 Å². The van der Waals surface area contributed by atoms with Gasteiger partial charge in [0.1, 0.15) is 19.8 Å². The van der Waals surface area contributed by atoms with E-state index in [1.54, 1.807) is 58.9 Å². The summed E-state index contributed by atoms with van der Waals surface area (Å²) in [5.41, 5.74) is -4.22. The van der Waals surface area contributed by atoms with Crippen molar-refractivity contribution in [1.29, 1.82) is 0 Å². The normalized spacial score (nSPS) is 13.1. The third-order valence-electron chi connectivity index (χ3n) is 15.9. The number of amides is 6. The third-order valence-corrected chi connectivity index (χ3v) is 15.9. The smallest absolute Gasteiger partial charge is 0.410 e. The third kappa shape index (κ3) is 13.6. The maximum Gasteiger partial charge on any atom is 0.410 e. The number of hydrogen-bond acceptors (Lipinski definition) is 10. The highest BCUT2D eigenvalue weighted by atomic mass is 16.6. The summed E-state index contributed by atoms with van der Waals surface area (Å²) in [6.07, 6.45) is -1.91. The van der Waals surface area contributed by atoms with Crippen molar-refractivity contribution < 1.29 is 43.0 Å². The van der Waals surface area contributed by atoms with Gasteiger partial charge in [0.2, 0.25) is 17.7 Å². The minimum absolute atomic E-state index is 0.0645. The molecule has 6 amide bonds. The van der Waals surface area contributed by atoms with Crippen molar-refractivity contribution in [3.8, 4) is 0 Å². The van der Waals surface area contributed by atoms with E-state index in [0.717, 1.165) is 0 Å². The Morgan fingerprint density at radius 1 is 0.464 bits per heavy atom. The summed E-state index contributed by atoms with van der Waals surface area (Å²) in [6.45, 7) is 40.8. The maximum atomic E-state index is 14.1. The number of hydrogen-bond donors (Lipinski definition) is 1. The van der Waals surface area contributed by atoms with Crippen LogP contribution in [0.4, 0.5) is 20.1 Å². The molecule has 16 heteroatoms. The van der Waals surface area contributed by atoms with Crippen molar-refractivity contribution in [2.75, 3.05) is 47.2 Å². The van der Waals surface area contributed by atoms with E-state index in [9.17, 15) is 28.8 Å². The average Bonchev–Trinajstić information content (AvgIpc) is 3.22. The van der Waals surface area contributed by atoms with Crippen molar-refractivity contribution >= 4 is 41.7 Å². The minimum atomic E-state index is -0.915. The molecule has 0 aliphatic rings. The van der Waals surface area contributed by atoms with E-state index in [-0.39, 0.29) is 49.5 Å². The number of ether oxygens (including phenoxy) is 3. The lowest BCUT2D eigenvalue weighted by Crippen LogP contribution is -2.66. The van der Waals surface area contributed by atoms with E-state index in [1.807, 2.05) is 163 Å². The van der Waals surface area contributed by atoms with Crippen LogP contribution in [0.15, 0.2) is 12.1 Å². The molecule has 1 rings (SSSR count). The molecule has 0 radical (unpaired) electrons. The van der Waals surface area contributed by atoms with Crippen molar-refractivity contribution in [1.82, 2.24) is 29.8 Å². The van der Waals surface area contributed by atoms with E-state index in [1.165, 1.54) is 14.7 Å². The number of rotatable bonds is 18. The Morgan fingerprint density at radius 2 is 0.754 bits per heavy atom. The lowest BCUT2D eigenvalue weighted by Gasteiger charge is -2.52. The van der Waals surface area contributed by atoms with Gasteiger partial charge in [0.25, 0.3) is 0 Å². The van der Waals surface area contributed by atoms with Gasteiger partial charge in [0, 0.05) is 81.9 Å². The molecular formula is C53H95N7O9. The summed E-state index contributed by atoms with van der Waals surface area (Å²) < 4.78 is 18.2. The van der Waals surface area contributed by atoms with Crippen molar-refractivity contribution in [2.45, 2.75) is 211 Å². The van der Waals surface area contributed by atoms with E-state index >= 15 is 0 Å². The molecule has 0 aliphatic carbocycles. The summed E-state index contributed by atoms with van der Waals surface area (Å²) in [4.78, 5) is 91.6. The first kappa shape index (κ1) is 62.3. The number of carbonyl (C=O) groups excluding carboxylic acids is 6. The first-order chi connectivity index (χ1) is 30.7. The predicted molar refractivity (Wildman–Crippen MR) is 276 cm³/mol. The molecule has 69 heavy (non-hydrogen) atoms. The highest BCUT2D eigenvalue weighted by molar-refractivity contribution is 5.83. The van der Waals surface area contributed by atoms with Gasteiger partial charge < -0.3 is 48.9 Å². The van der Waals surface area contributed by atoms with Gasteiger partial charge >= 0.3 is 18.3 Å². The Kier molecular flexibility index (Phi) is 19.6. The van der Waals surface area contributed by atoms with Crippen LogP contribution in [0.1, 0.15) is 169 Å². The van der Waals surface area contributed by atoms with E-state index in [4.69, 9.17) is 14.2 Å². The molecule has 0 bridgehead atoms. The van der Waals surface area contributed by atoms with Crippen LogP contribution in [-0.4, -0.2) is 142 Å². The van der Waals surface area contributed by atoms with Gasteiger partial charge in [0.05, 0.1) is 33.2 Å². The standard InChI is InChI=1S/C53H95N7O9/c1-34(2)40(61)54-48(11,12)49(13,14)58(26)43(64)68-32-37-29-36(31-67-44(65)59(27)52(19,20)50(15,16)56(24)41(62)46(5,6)7)30-38(39(37)55(23)35(3)4)33-69-45(66)60(28)53(21,22)51(17,18)57(25)42(63)47(8,9)10/h29-30,34-35H,31-33H2,1-28H3,(H,54,61). The Hall–Kier alpha value is -4.76. The van der Waals surface area contributed by atoms with Gasteiger partial charge in [-0.2, -0.15) is 0 Å². The fourth-order valence-corrected chi connectivity index (χ4v) is 7.43. The van der Waals surface area contributed by atoms with E-state index in [2.05, 4.69) is 5.32 Å². The van der Waals surface area contributed by atoms with Gasteiger partial charge in [-0.1, -0.05) is 55.4 Å². The molecule has 1 aromatic rings. The molecule has 0 spiro atoms. The number of carbonyl (C=O) groups is 6. The van der Waals surface area contributed by atoms with E-state index in [0.29, 0.717) is 22.4 Å². The SMILES string of the molecule is CC(C)C(=O)NC(C)(C)C(C)(C)N(C)C(=O)OCc1cc(COC(=O)N(C)C(C)(C)C(C)(C)N(C)C(=O)C(C)(C)C)cc(COC(=O)N(C)C(C)(C)C(C)(C)N(C)C(=O)C(C)(C)C)c1N(C)C(C)C. The molecule has 0 heterocycles. The zero-order valence-corrected chi connectivity index (χ0v) is 48.3. The Labute approximate surface area is 417 Å². The van der Waals surface area contributed by atoms with E-state index < -0.39 is 62.3 Å². The summed E-state index contributed by atoms with van der Waals surface area (Å²) in [6, 6.07) is 3.55. The fraction of sp³-hybridized carbons (Fsp3) is 0.774. The van der Waals surface area contributed by atoms with Crippen LogP contribution in [-0.2, 0) is 48.4 Å². The van der Waals surface area contributed by atoms with Crippen molar-refractivity contribution in [3.05, 3.63) is 28.8 Å². The van der Waals surface area contributed by atoms with Crippen LogP contribution >= 0.6 is 0 Å². The molecule has 1 N–H and O–H groups in total. The second kappa shape index (κ2) is 21.7. The topological polar surface area (TPSA) is 162 Å². The highest BCUT2D eigenvalue weighted by Gasteiger charge is 2.50. The molecule has 16 nitrogen and oxygen atoms in total. The van der Waals surface area contributed by atoms with Crippen LogP contribution in [0.25, 0.3) is 0 Å². The fourth-order valence-electron chi connectivity index (χ4n) is 7.43. The summed E-state index contributed by atoms with van der Waals surface area (Å²) in [5.74, 6) is -0.562. The second-order valence-electron chi connectivity index (χ2n) is 24.6. The zero-order valence-electron chi connectivity index (χ0n) is 48.3. The molecule has 0 aromatic heterocycles. The summed E-state index contributed by atoms with van der Waals surface area (Å²) in [7, 11) is 10.3. The number of likely N-dealkylation sites (N-methyl/N-ethyl adjacent to an activating group) is 5. The van der Waals surface area contributed by atoms with Crippen LogP contribution in [0.3, 0.4) is 0 Å². The first-order valence-electron chi connectivity index (χ1n) is 24.2. The molecule has 1 aromatic carbocycles. The van der Waals surface area contributed by atoms with Crippen molar-refractivity contribution in [3.63, 3.8) is 0 Å². The molecular weight excluding hydrogens is 879 g/mol. The maximum absolute atomic E-state index is 14.1. The molecule has 0 aliphatic heterocycles. The molecule has 0 unspecified atom stereocenters. The van der Waals surface area contributed by atoms with Gasteiger partial charge in [-0.25, -0.2) is 14.4 Å². The van der Waals surface area contributed by atoms with Crippen LogP contribution in [0.2, 0.25) is 0 Å². The van der Waals surface area contributed by atoms with Crippen LogP contribution in [0.5, 0.6) is 0 Å². The Morgan fingerprint density at radius 3 is 1.04 bits per heavy atom. The Bertz CT molecular complexity index is 2020. The average molecular weight is 974 g/mol. The number of nitrogens with one attached hydrogen (secondary N) is 1. The molecule has 396 valence electrons. The van der Waals surface area contributed by atoms with Crippen molar-refractivity contribution in [2.24, 2.45) is 16.7 Å². The highest BCUT2D eigenvalue weighted by Crippen LogP contribution is 2.38. The first-order valence-corrected chi connectivity index (χ1v) is 24.2. The lowest BCUT2D eigenvalue weighted by molar-refractivity contribution is -0.148. The number of anilines is 1. The quantitative estimate of drug-likeness (QED) is 0.140. The number of nitrogens with zero attached hydrogens (tertiary/aromatic N) is 6. The molecule has 0 fully saturated rings.